The molecule has 1 atom stereocenters. The normalized spacial score (nSPS) is 17.8. The van der Waals surface area contributed by atoms with Crippen LogP contribution in [0.4, 0.5) is 0 Å². The quantitative estimate of drug-likeness (QED) is 0.887. The van der Waals surface area contributed by atoms with Crippen LogP contribution < -0.4 is 5.32 Å². The number of benzene rings is 1. The lowest BCUT2D eigenvalue weighted by Crippen LogP contribution is -2.50. The Balaban J connectivity index is 1.67. The summed E-state index contributed by atoms with van der Waals surface area (Å²) in [6, 6.07) is 13.3. The van der Waals surface area contributed by atoms with Gasteiger partial charge in [-0.1, -0.05) is 36.8 Å². The number of amides is 1. The van der Waals surface area contributed by atoms with E-state index in [0.29, 0.717) is 5.76 Å². The summed E-state index contributed by atoms with van der Waals surface area (Å²) in [5, 5.41) is 12.8. The third-order valence-electron chi connectivity index (χ3n) is 4.30. The van der Waals surface area contributed by atoms with Gasteiger partial charge in [-0.05, 0) is 30.5 Å². The molecule has 0 bridgehead atoms. The first-order chi connectivity index (χ1) is 10.2. The second kappa shape index (κ2) is 5.74. The van der Waals surface area contributed by atoms with Crippen LogP contribution in [-0.2, 0) is 10.2 Å². The van der Waals surface area contributed by atoms with Gasteiger partial charge in [0.2, 0.25) is 5.91 Å². The third-order valence-corrected chi connectivity index (χ3v) is 4.30. The Hall–Kier alpha value is -2.07. The van der Waals surface area contributed by atoms with E-state index in [9.17, 15) is 9.90 Å². The highest BCUT2D eigenvalue weighted by Gasteiger charge is 2.45. The van der Waals surface area contributed by atoms with E-state index in [4.69, 9.17) is 4.42 Å². The minimum atomic E-state index is -0.808. The predicted octanol–water partition coefficient (Wildman–Crippen LogP) is 2.55. The summed E-state index contributed by atoms with van der Waals surface area (Å²) in [7, 11) is 0. The molecule has 0 saturated heterocycles. The zero-order valence-corrected chi connectivity index (χ0v) is 11.8. The molecule has 4 nitrogen and oxygen atoms in total. The fourth-order valence-electron chi connectivity index (χ4n) is 2.87. The Morgan fingerprint density at radius 1 is 1.24 bits per heavy atom. The van der Waals surface area contributed by atoms with Crippen molar-refractivity contribution in [2.75, 3.05) is 6.54 Å². The topological polar surface area (TPSA) is 62.5 Å². The Morgan fingerprint density at radius 2 is 2.00 bits per heavy atom. The van der Waals surface area contributed by atoms with Crippen LogP contribution in [0.1, 0.15) is 36.7 Å². The molecule has 2 aromatic rings. The van der Waals surface area contributed by atoms with Crippen LogP contribution in [0.15, 0.2) is 53.1 Å². The molecule has 1 unspecified atom stereocenters. The molecule has 110 valence electrons. The Bertz CT molecular complexity index is 588. The molecule has 1 heterocycles. The number of hydrogen-bond donors (Lipinski definition) is 2. The first kappa shape index (κ1) is 13.9. The molecule has 21 heavy (non-hydrogen) atoms. The first-order valence-electron chi connectivity index (χ1n) is 7.28. The van der Waals surface area contributed by atoms with E-state index in [2.05, 4.69) is 5.32 Å². The van der Waals surface area contributed by atoms with Gasteiger partial charge in [0.15, 0.2) is 0 Å². The number of nitrogens with one attached hydrogen (secondary N) is 1. The van der Waals surface area contributed by atoms with Crippen molar-refractivity contribution in [1.29, 1.82) is 0 Å². The highest BCUT2D eigenvalue weighted by molar-refractivity contribution is 5.89. The maximum absolute atomic E-state index is 12.6. The van der Waals surface area contributed by atoms with E-state index < -0.39 is 11.5 Å². The maximum atomic E-state index is 12.6. The minimum absolute atomic E-state index is 0.00874. The van der Waals surface area contributed by atoms with Crippen molar-refractivity contribution >= 4 is 5.91 Å². The summed E-state index contributed by atoms with van der Waals surface area (Å²) in [6.45, 7) is 0.168. The zero-order valence-electron chi connectivity index (χ0n) is 11.8. The van der Waals surface area contributed by atoms with E-state index in [1.54, 1.807) is 12.1 Å². The predicted molar refractivity (Wildman–Crippen MR) is 78.6 cm³/mol. The van der Waals surface area contributed by atoms with Gasteiger partial charge in [-0.25, -0.2) is 0 Å². The molecule has 1 saturated carbocycles. The van der Waals surface area contributed by atoms with Gasteiger partial charge in [-0.2, -0.15) is 0 Å². The largest absolute Gasteiger partial charge is 0.467 e. The smallest absolute Gasteiger partial charge is 0.230 e. The molecule has 1 fully saturated rings. The number of carbonyl (C=O) groups is 1. The lowest BCUT2D eigenvalue weighted by molar-refractivity contribution is -0.130. The average molecular weight is 285 g/mol. The van der Waals surface area contributed by atoms with Crippen LogP contribution in [-0.4, -0.2) is 17.6 Å². The van der Waals surface area contributed by atoms with Crippen molar-refractivity contribution in [3.8, 4) is 0 Å². The minimum Gasteiger partial charge on any atom is -0.467 e. The summed E-state index contributed by atoms with van der Waals surface area (Å²) < 4.78 is 5.14. The highest BCUT2D eigenvalue weighted by atomic mass is 16.4. The summed E-state index contributed by atoms with van der Waals surface area (Å²) in [5.41, 5.74) is 0.630. The van der Waals surface area contributed by atoms with E-state index >= 15 is 0 Å². The number of hydrogen-bond acceptors (Lipinski definition) is 3. The summed E-state index contributed by atoms with van der Waals surface area (Å²) in [4.78, 5) is 12.6. The standard InChI is InChI=1S/C17H19NO3/c19-14(15-8-4-11-21-15)12-18-16(20)17(9-5-10-17)13-6-2-1-3-7-13/h1-4,6-8,11,14,19H,5,9-10,12H2,(H,18,20). The Kier molecular flexibility index (Phi) is 3.80. The molecular formula is C17H19NO3. The van der Waals surface area contributed by atoms with Gasteiger partial charge in [0.05, 0.1) is 18.2 Å². The van der Waals surface area contributed by atoms with Crippen LogP contribution in [0, 0.1) is 0 Å². The molecule has 1 amide bonds. The monoisotopic (exact) mass is 285 g/mol. The van der Waals surface area contributed by atoms with E-state index in [0.717, 1.165) is 24.8 Å². The molecule has 0 radical (unpaired) electrons. The van der Waals surface area contributed by atoms with Crippen molar-refractivity contribution in [3.05, 3.63) is 60.1 Å². The van der Waals surface area contributed by atoms with Gasteiger partial charge in [-0.3, -0.25) is 4.79 Å². The van der Waals surface area contributed by atoms with Gasteiger partial charge in [-0.15, -0.1) is 0 Å². The zero-order chi connectivity index (χ0) is 14.7. The molecule has 1 aromatic carbocycles. The Labute approximate surface area is 123 Å². The van der Waals surface area contributed by atoms with Crippen LogP contribution in [0.5, 0.6) is 0 Å². The molecular weight excluding hydrogens is 266 g/mol. The lowest BCUT2D eigenvalue weighted by atomic mass is 9.64. The molecule has 1 aliphatic rings. The van der Waals surface area contributed by atoms with Gasteiger partial charge in [0, 0.05) is 0 Å². The molecule has 1 aliphatic carbocycles. The summed E-state index contributed by atoms with van der Waals surface area (Å²) >= 11 is 0. The number of aliphatic hydroxyl groups excluding tert-OH is 1. The molecule has 3 rings (SSSR count). The Morgan fingerprint density at radius 3 is 2.57 bits per heavy atom. The van der Waals surface area contributed by atoms with Crippen LogP contribution in [0.2, 0.25) is 0 Å². The van der Waals surface area contributed by atoms with Crippen LogP contribution in [0.25, 0.3) is 0 Å². The van der Waals surface area contributed by atoms with E-state index in [1.165, 1.54) is 6.26 Å². The third kappa shape index (κ3) is 2.59. The van der Waals surface area contributed by atoms with E-state index in [1.807, 2.05) is 30.3 Å². The van der Waals surface area contributed by atoms with Crippen molar-refractivity contribution in [2.24, 2.45) is 0 Å². The second-order valence-electron chi connectivity index (χ2n) is 5.54. The second-order valence-corrected chi connectivity index (χ2v) is 5.54. The molecule has 2 N–H and O–H groups in total. The van der Waals surface area contributed by atoms with Gasteiger partial charge in [0.1, 0.15) is 11.9 Å². The lowest BCUT2D eigenvalue weighted by Gasteiger charge is -2.40. The highest BCUT2D eigenvalue weighted by Crippen LogP contribution is 2.43. The van der Waals surface area contributed by atoms with E-state index in [-0.39, 0.29) is 12.5 Å². The number of furan rings is 1. The van der Waals surface area contributed by atoms with Crippen LogP contribution >= 0.6 is 0 Å². The van der Waals surface area contributed by atoms with Gasteiger partial charge < -0.3 is 14.8 Å². The van der Waals surface area contributed by atoms with Gasteiger partial charge >= 0.3 is 0 Å². The number of aliphatic hydroxyl groups is 1. The molecule has 0 aliphatic heterocycles. The molecule has 1 aromatic heterocycles. The first-order valence-corrected chi connectivity index (χ1v) is 7.28. The van der Waals surface area contributed by atoms with Crippen molar-refractivity contribution in [1.82, 2.24) is 5.32 Å². The molecule has 0 spiro atoms. The summed E-state index contributed by atoms with van der Waals surface area (Å²) in [6.07, 6.45) is 3.48. The number of rotatable bonds is 5. The molecule has 4 heteroatoms. The average Bonchev–Trinajstić information content (AvgIpc) is 2.99. The maximum Gasteiger partial charge on any atom is 0.230 e. The van der Waals surface area contributed by atoms with Crippen LogP contribution in [0.3, 0.4) is 0 Å². The fraction of sp³-hybridized carbons (Fsp3) is 0.353. The van der Waals surface area contributed by atoms with Crippen molar-refractivity contribution < 1.29 is 14.3 Å². The fourth-order valence-corrected chi connectivity index (χ4v) is 2.87. The SMILES string of the molecule is O=C(NCC(O)c1ccco1)C1(c2ccccc2)CCC1. The number of carbonyl (C=O) groups excluding carboxylic acids is 1. The summed E-state index contributed by atoms with van der Waals surface area (Å²) in [5.74, 6) is 0.461. The van der Waals surface area contributed by atoms with Crippen molar-refractivity contribution in [3.63, 3.8) is 0 Å². The van der Waals surface area contributed by atoms with Crippen molar-refractivity contribution in [2.45, 2.75) is 30.8 Å². The van der Waals surface area contributed by atoms with Gasteiger partial charge in [0.25, 0.3) is 0 Å².